The number of hydrogen-bond acceptors (Lipinski definition) is 7. The number of ether oxygens (including phenoxy) is 3. The molecule has 202 valence electrons. The van der Waals surface area contributed by atoms with Crippen LogP contribution in [0.25, 0.3) is 10.9 Å². The van der Waals surface area contributed by atoms with Crippen molar-refractivity contribution in [1.29, 1.82) is 0 Å². The molecule has 1 aromatic heterocycles. The van der Waals surface area contributed by atoms with Gasteiger partial charge < -0.3 is 29.3 Å². The van der Waals surface area contributed by atoms with Gasteiger partial charge in [0.15, 0.2) is 17.3 Å². The van der Waals surface area contributed by atoms with Crippen LogP contribution >= 0.6 is 11.6 Å². The molecule has 2 aromatic carbocycles. The predicted molar refractivity (Wildman–Crippen MR) is 143 cm³/mol. The quantitative estimate of drug-likeness (QED) is 0.454. The zero-order valence-corrected chi connectivity index (χ0v) is 22.2. The molecule has 0 bridgehead atoms. The number of aromatic nitrogens is 2. The van der Waals surface area contributed by atoms with Crippen LogP contribution in [0.2, 0.25) is 5.02 Å². The lowest BCUT2D eigenvalue weighted by molar-refractivity contribution is 0.0369. The van der Waals surface area contributed by atoms with Gasteiger partial charge in [0, 0.05) is 37.6 Å². The number of halogens is 2. The van der Waals surface area contributed by atoms with Gasteiger partial charge in [0.2, 0.25) is 0 Å². The fourth-order valence-corrected chi connectivity index (χ4v) is 5.18. The molecule has 38 heavy (non-hydrogen) atoms. The third-order valence-electron chi connectivity index (χ3n) is 7.19. The lowest BCUT2D eigenvalue weighted by Gasteiger charge is -2.38. The molecule has 2 aliphatic rings. The van der Waals surface area contributed by atoms with Gasteiger partial charge in [0.25, 0.3) is 0 Å². The van der Waals surface area contributed by atoms with E-state index >= 15 is 0 Å². The molecule has 5 rings (SSSR count). The Kier molecular flexibility index (Phi) is 7.99. The summed E-state index contributed by atoms with van der Waals surface area (Å²) >= 11 is 5.94. The number of carbonyl (C=O) groups is 1. The Morgan fingerprint density at radius 3 is 2.66 bits per heavy atom. The number of rotatable bonds is 6. The zero-order valence-electron chi connectivity index (χ0n) is 21.5. The Hall–Kier alpha value is -3.37. The normalized spacial score (nSPS) is 19.7. The van der Waals surface area contributed by atoms with E-state index in [0.717, 1.165) is 25.7 Å². The molecule has 0 spiro atoms. The van der Waals surface area contributed by atoms with Crippen LogP contribution in [-0.2, 0) is 4.74 Å². The summed E-state index contributed by atoms with van der Waals surface area (Å²) in [5, 5.41) is 3.70. The first kappa shape index (κ1) is 26.2. The Balaban J connectivity index is 1.30. The zero-order chi connectivity index (χ0) is 26.6. The van der Waals surface area contributed by atoms with E-state index in [1.165, 1.54) is 12.4 Å². The van der Waals surface area contributed by atoms with E-state index in [2.05, 4.69) is 15.3 Å². The van der Waals surface area contributed by atoms with Crippen LogP contribution in [0.3, 0.4) is 0 Å². The molecular weight excluding hydrogens is 513 g/mol. The van der Waals surface area contributed by atoms with Gasteiger partial charge in [-0.3, -0.25) is 0 Å². The van der Waals surface area contributed by atoms with Crippen LogP contribution in [-0.4, -0.2) is 78.4 Å². The first-order chi connectivity index (χ1) is 18.4. The van der Waals surface area contributed by atoms with Gasteiger partial charge in [-0.2, -0.15) is 0 Å². The van der Waals surface area contributed by atoms with Crippen molar-refractivity contribution in [2.45, 2.75) is 37.8 Å². The topological polar surface area (TPSA) is 89.1 Å². The molecule has 1 aliphatic carbocycles. The molecule has 1 saturated heterocycles. The Morgan fingerprint density at radius 1 is 1.16 bits per heavy atom. The van der Waals surface area contributed by atoms with Crippen LogP contribution in [0.15, 0.2) is 36.7 Å². The summed E-state index contributed by atoms with van der Waals surface area (Å²) < 4.78 is 31.9. The fourth-order valence-electron chi connectivity index (χ4n) is 5.01. The molecule has 0 atom stereocenters. The Labute approximate surface area is 225 Å². The second-order valence-electron chi connectivity index (χ2n) is 9.51. The highest BCUT2D eigenvalue weighted by Crippen LogP contribution is 2.37. The second-order valence-corrected chi connectivity index (χ2v) is 9.92. The number of urea groups is 1. The van der Waals surface area contributed by atoms with Gasteiger partial charge in [0.05, 0.1) is 42.7 Å². The van der Waals surface area contributed by atoms with E-state index in [4.69, 9.17) is 25.8 Å². The second kappa shape index (κ2) is 11.6. The van der Waals surface area contributed by atoms with Crippen molar-refractivity contribution in [3.8, 4) is 11.5 Å². The maximum atomic E-state index is 14.5. The Bertz CT molecular complexity index is 1300. The SMILES string of the molecule is COc1cc2ncnc(Nc3cccc(Cl)c3F)c2cc1OC1CCC(N(C)C(=O)N2CCOCC2)CC1. The van der Waals surface area contributed by atoms with Crippen molar-refractivity contribution >= 4 is 40.0 Å². The molecule has 2 amide bonds. The maximum Gasteiger partial charge on any atom is 0.320 e. The largest absolute Gasteiger partial charge is 0.493 e. The lowest BCUT2D eigenvalue weighted by Crippen LogP contribution is -2.51. The number of benzene rings is 2. The monoisotopic (exact) mass is 543 g/mol. The number of anilines is 2. The summed E-state index contributed by atoms with van der Waals surface area (Å²) in [7, 11) is 3.46. The summed E-state index contributed by atoms with van der Waals surface area (Å²) in [6.45, 7) is 2.44. The highest BCUT2D eigenvalue weighted by molar-refractivity contribution is 6.31. The minimum atomic E-state index is -0.556. The number of amides is 2. The molecule has 1 aliphatic heterocycles. The number of fused-ring (bicyclic) bond motifs is 1. The van der Waals surface area contributed by atoms with Crippen LogP contribution in [0.4, 0.5) is 20.7 Å². The van der Waals surface area contributed by atoms with Crippen LogP contribution in [0, 0.1) is 5.82 Å². The van der Waals surface area contributed by atoms with E-state index in [9.17, 15) is 9.18 Å². The molecule has 1 saturated carbocycles. The van der Waals surface area contributed by atoms with Crippen LogP contribution < -0.4 is 14.8 Å². The molecule has 1 N–H and O–H groups in total. The maximum absolute atomic E-state index is 14.5. The number of carbonyl (C=O) groups excluding carboxylic acids is 1. The lowest BCUT2D eigenvalue weighted by atomic mass is 9.92. The van der Waals surface area contributed by atoms with E-state index in [0.29, 0.717) is 54.5 Å². The summed E-state index contributed by atoms with van der Waals surface area (Å²) in [5.41, 5.74) is 0.839. The smallest absolute Gasteiger partial charge is 0.320 e. The summed E-state index contributed by atoms with van der Waals surface area (Å²) in [5.74, 6) is 0.985. The molecular formula is C27H31ClFN5O4. The van der Waals surface area contributed by atoms with Gasteiger partial charge in [-0.15, -0.1) is 0 Å². The minimum absolute atomic E-state index is 0.0203. The van der Waals surface area contributed by atoms with E-state index in [-0.39, 0.29) is 28.9 Å². The van der Waals surface area contributed by atoms with E-state index in [1.807, 2.05) is 22.9 Å². The highest BCUT2D eigenvalue weighted by atomic mass is 35.5. The van der Waals surface area contributed by atoms with Gasteiger partial charge in [0.1, 0.15) is 12.1 Å². The van der Waals surface area contributed by atoms with Gasteiger partial charge in [-0.25, -0.2) is 19.2 Å². The van der Waals surface area contributed by atoms with Crippen molar-refractivity contribution in [2.75, 3.05) is 45.8 Å². The number of nitrogens with zero attached hydrogens (tertiary/aromatic N) is 4. The van der Waals surface area contributed by atoms with Gasteiger partial charge in [-0.05, 0) is 43.9 Å². The summed E-state index contributed by atoms with van der Waals surface area (Å²) in [4.78, 5) is 25.3. The fraction of sp³-hybridized carbons (Fsp3) is 0.444. The Morgan fingerprint density at radius 2 is 1.92 bits per heavy atom. The van der Waals surface area contributed by atoms with E-state index < -0.39 is 5.82 Å². The minimum Gasteiger partial charge on any atom is -0.493 e. The molecule has 0 unspecified atom stereocenters. The number of morpholine rings is 1. The van der Waals surface area contributed by atoms with Crippen LogP contribution in [0.5, 0.6) is 11.5 Å². The first-order valence-electron chi connectivity index (χ1n) is 12.7. The van der Waals surface area contributed by atoms with Gasteiger partial charge >= 0.3 is 6.03 Å². The van der Waals surface area contributed by atoms with Crippen LogP contribution in [0.1, 0.15) is 25.7 Å². The van der Waals surface area contributed by atoms with Crippen molar-refractivity contribution in [3.63, 3.8) is 0 Å². The first-order valence-corrected chi connectivity index (χ1v) is 13.1. The third-order valence-corrected chi connectivity index (χ3v) is 7.49. The van der Waals surface area contributed by atoms with Crippen molar-refractivity contribution < 1.29 is 23.4 Å². The third kappa shape index (κ3) is 5.56. The van der Waals surface area contributed by atoms with Crippen molar-refractivity contribution in [3.05, 3.63) is 47.5 Å². The predicted octanol–water partition coefficient (Wildman–Crippen LogP) is 5.25. The molecule has 9 nitrogen and oxygen atoms in total. The van der Waals surface area contributed by atoms with Gasteiger partial charge in [-0.1, -0.05) is 17.7 Å². The molecule has 0 radical (unpaired) electrons. The average molecular weight is 544 g/mol. The molecule has 3 aromatic rings. The average Bonchev–Trinajstić information content (AvgIpc) is 2.95. The van der Waals surface area contributed by atoms with Crippen molar-refractivity contribution in [1.82, 2.24) is 19.8 Å². The number of nitrogens with one attached hydrogen (secondary N) is 1. The number of hydrogen-bond donors (Lipinski definition) is 1. The molecule has 11 heteroatoms. The number of methoxy groups -OCH3 is 1. The van der Waals surface area contributed by atoms with E-state index in [1.54, 1.807) is 25.3 Å². The summed E-state index contributed by atoms with van der Waals surface area (Å²) in [6, 6.07) is 8.57. The standard InChI is InChI=1S/C27H31ClFN5O4/c1-33(27(35)34-10-12-37-13-11-34)17-6-8-18(9-7-17)38-24-14-19-22(15-23(24)36-2)30-16-31-26(19)32-21-5-3-4-20(28)25(21)29/h3-5,14-18H,6-13H2,1-2H3,(H,30,31,32). The summed E-state index contributed by atoms with van der Waals surface area (Å²) in [6.07, 6.45) is 4.67. The van der Waals surface area contributed by atoms with Crippen molar-refractivity contribution in [2.24, 2.45) is 0 Å². The molecule has 2 heterocycles. The molecule has 2 fully saturated rings. The highest BCUT2D eigenvalue weighted by Gasteiger charge is 2.30.